The molecule has 7 heteroatoms. The summed E-state index contributed by atoms with van der Waals surface area (Å²) in [5, 5.41) is 2.92. The van der Waals surface area contributed by atoms with Crippen molar-refractivity contribution in [2.45, 2.75) is 37.5 Å². The number of aryl methyl sites for hydroxylation is 1. The van der Waals surface area contributed by atoms with Gasteiger partial charge in [-0.2, -0.15) is 0 Å². The maximum Gasteiger partial charge on any atom is 0.252 e. The molecule has 1 heterocycles. The first-order chi connectivity index (χ1) is 14.4. The zero-order chi connectivity index (χ0) is 22.1. The molecule has 5 nitrogen and oxygen atoms in total. The molecule has 3 rings (SSSR count). The van der Waals surface area contributed by atoms with E-state index in [1.807, 2.05) is 50.2 Å². The van der Waals surface area contributed by atoms with Crippen LogP contribution in [0, 0.1) is 0 Å². The fraction of sp³-hybridized carbons (Fsp3) is 0.348. The first kappa shape index (κ1) is 24.1. The third-order valence-corrected chi connectivity index (χ3v) is 6.41. The Morgan fingerprint density at radius 1 is 1.10 bits per heavy atom. The van der Waals surface area contributed by atoms with Crippen molar-refractivity contribution in [3.63, 3.8) is 0 Å². The Balaban J connectivity index is 0.00000155. The molecule has 0 saturated carbocycles. The maximum atomic E-state index is 13.2. The van der Waals surface area contributed by atoms with Gasteiger partial charge >= 0.3 is 0 Å². The van der Waals surface area contributed by atoms with Crippen LogP contribution in [0.15, 0.2) is 60.7 Å². The van der Waals surface area contributed by atoms with Gasteiger partial charge in [-0.05, 0) is 51.4 Å². The van der Waals surface area contributed by atoms with E-state index in [1.54, 1.807) is 17.0 Å². The summed E-state index contributed by atoms with van der Waals surface area (Å²) in [5.74, 6) is -0.379. The number of hydrogen-bond donors (Lipinski definition) is 2. The number of nitrogens with two attached hydrogens (primary N) is 1. The lowest BCUT2D eigenvalue weighted by Gasteiger charge is -2.42. The molecule has 2 amide bonds. The van der Waals surface area contributed by atoms with Gasteiger partial charge in [-0.15, -0.1) is 0 Å². The lowest BCUT2D eigenvalue weighted by molar-refractivity contribution is -0.130. The van der Waals surface area contributed by atoms with Crippen molar-refractivity contribution >= 4 is 40.1 Å². The first-order valence-electron chi connectivity index (χ1n) is 9.90. The highest BCUT2D eigenvalue weighted by Crippen LogP contribution is 2.36. The second-order valence-corrected chi connectivity index (χ2v) is 9.61. The second kappa shape index (κ2) is 11.2. The maximum absolute atomic E-state index is 13.2. The van der Waals surface area contributed by atoms with Gasteiger partial charge in [-0.25, -0.2) is 0 Å². The van der Waals surface area contributed by atoms with Crippen LogP contribution >= 0.6 is 24.0 Å². The summed E-state index contributed by atoms with van der Waals surface area (Å²) >= 11 is 6.97. The van der Waals surface area contributed by atoms with Crippen molar-refractivity contribution in [2.24, 2.45) is 5.73 Å². The number of nitrogens with zero attached hydrogens (tertiary/aromatic N) is 1. The predicted molar refractivity (Wildman–Crippen MR) is 129 cm³/mol. The largest absolute Gasteiger partial charge is 0.339 e. The number of hydrogen-bond acceptors (Lipinski definition) is 5. The highest BCUT2D eigenvalue weighted by atomic mass is 32.2. The van der Waals surface area contributed by atoms with E-state index in [2.05, 4.69) is 23.2 Å². The summed E-state index contributed by atoms with van der Waals surface area (Å²) < 4.78 is 0.0717. The molecule has 0 aliphatic carbocycles. The van der Waals surface area contributed by atoms with Crippen LogP contribution in [0.1, 0.15) is 36.2 Å². The summed E-state index contributed by atoms with van der Waals surface area (Å²) in [6.45, 7) is 4.44. The van der Waals surface area contributed by atoms with E-state index in [1.165, 1.54) is 24.4 Å². The Morgan fingerprint density at radius 3 is 2.27 bits per heavy atom. The number of amides is 2. The van der Waals surface area contributed by atoms with Crippen molar-refractivity contribution in [2.75, 3.05) is 13.6 Å². The minimum Gasteiger partial charge on any atom is -0.339 e. The third kappa shape index (κ3) is 6.14. The standard InChI is InChI=1S/C22H24N2O2S2.CH5N/c1-22(2)18(23-19(25)17-13-7-4-8-14-17)20(26)24(21(27)28-22)15-9-12-16-10-5-3-6-11-16;1-2/h3-8,10-11,13-14,18H,9,12,15H2,1-2H3,(H,23,25);2H2,1H3. The molecule has 2 aromatic carbocycles. The molecule has 0 bridgehead atoms. The van der Waals surface area contributed by atoms with Gasteiger partial charge in [0.05, 0.1) is 0 Å². The Bertz CT molecular complexity index is 857. The molecule has 3 N–H and O–H groups in total. The fourth-order valence-electron chi connectivity index (χ4n) is 3.21. The minimum absolute atomic E-state index is 0.133. The summed E-state index contributed by atoms with van der Waals surface area (Å²) in [6.07, 6.45) is 1.69. The molecule has 160 valence electrons. The Hall–Kier alpha value is -2.22. The average Bonchev–Trinajstić information content (AvgIpc) is 2.76. The van der Waals surface area contributed by atoms with Crippen molar-refractivity contribution < 1.29 is 9.59 Å². The number of carbonyl (C=O) groups is 2. The van der Waals surface area contributed by atoms with Crippen LogP contribution in [0.25, 0.3) is 0 Å². The Labute approximate surface area is 188 Å². The molecule has 1 fully saturated rings. The molecule has 1 unspecified atom stereocenters. The van der Waals surface area contributed by atoms with Crippen LogP contribution < -0.4 is 11.1 Å². The van der Waals surface area contributed by atoms with Crippen LogP contribution in [0.5, 0.6) is 0 Å². The lowest BCUT2D eigenvalue weighted by Crippen LogP contribution is -2.62. The Kier molecular flexibility index (Phi) is 9.02. The zero-order valence-electron chi connectivity index (χ0n) is 17.6. The zero-order valence-corrected chi connectivity index (χ0v) is 19.3. The summed E-state index contributed by atoms with van der Waals surface area (Å²) in [5.41, 5.74) is 6.28. The van der Waals surface area contributed by atoms with Gasteiger partial charge in [0.2, 0.25) is 0 Å². The number of thioether (sulfide) groups is 1. The summed E-state index contributed by atoms with van der Waals surface area (Å²) in [4.78, 5) is 27.4. The van der Waals surface area contributed by atoms with Gasteiger partial charge in [-0.3, -0.25) is 14.5 Å². The minimum atomic E-state index is -0.631. The van der Waals surface area contributed by atoms with Gasteiger partial charge in [0, 0.05) is 16.9 Å². The molecule has 0 aromatic heterocycles. The van der Waals surface area contributed by atoms with Gasteiger partial charge in [-0.1, -0.05) is 72.5 Å². The van der Waals surface area contributed by atoms with E-state index in [0.29, 0.717) is 16.4 Å². The van der Waals surface area contributed by atoms with Crippen LogP contribution in [-0.4, -0.2) is 45.4 Å². The summed E-state index contributed by atoms with van der Waals surface area (Å²) in [6, 6.07) is 18.5. The average molecular weight is 444 g/mol. The quantitative estimate of drug-likeness (QED) is 0.667. The molecular weight excluding hydrogens is 414 g/mol. The van der Waals surface area contributed by atoms with E-state index >= 15 is 0 Å². The molecule has 1 saturated heterocycles. The van der Waals surface area contributed by atoms with Crippen molar-refractivity contribution in [1.29, 1.82) is 0 Å². The van der Waals surface area contributed by atoms with Gasteiger partial charge < -0.3 is 11.1 Å². The third-order valence-electron chi connectivity index (χ3n) is 4.78. The van der Waals surface area contributed by atoms with Crippen LogP contribution in [-0.2, 0) is 11.2 Å². The highest BCUT2D eigenvalue weighted by molar-refractivity contribution is 8.24. The van der Waals surface area contributed by atoms with Crippen molar-refractivity contribution in [1.82, 2.24) is 10.2 Å². The van der Waals surface area contributed by atoms with Crippen molar-refractivity contribution in [3.8, 4) is 0 Å². The molecule has 0 spiro atoms. The number of thiocarbonyl (C=S) groups is 1. The van der Waals surface area contributed by atoms with Crippen LogP contribution in [0.3, 0.4) is 0 Å². The molecule has 1 aliphatic rings. The van der Waals surface area contributed by atoms with Gasteiger partial charge in [0.15, 0.2) is 0 Å². The molecular formula is C23H29N3O2S2. The number of benzene rings is 2. The van der Waals surface area contributed by atoms with Crippen LogP contribution in [0.2, 0.25) is 0 Å². The van der Waals surface area contributed by atoms with E-state index in [-0.39, 0.29) is 11.8 Å². The molecule has 2 aromatic rings. The van der Waals surface area contributed by atoms with E-state index in [0.717, 1.165) is 12.8 Å². The molecule has 30 heavy (non-hydrogen) atoms. The lowest BCUT2D eigenvalue weighted by atomic mass is 10.00. The van der Waals surface area contributed by atoms with Gasteiger partial charge in [0.25, 0.3) is 11.8 Å². The highest BCUT2D eigenvalue weighted by Gasteiger charge is 2.46. The second-order valence-electron chi connectivity index (χ2n) is 7.32. The van der Waals surface area contributed by atoms with Crippen LogP contribution in [0.4, 0.5) is 0 Å². The SMILES string of the molecule is CC1(C)SC(=S)N(CCCc2ccccc2)C(=O)C1NC(=O)c1ccccc1.CN. The smallest absolute Gasteiger partial charge is 0.252 e. The van der Waals surface area contributed by atoms with Crippen molar-refractivity contribution in [3.05, 3.63) is 71.8 Å². The van der Waals surface area contributed by atoms with E-state index in [9.17, 15) is 9.59 Å². The molecule has 0 radical (unpaired) electrons. The van der Waals surface area contributed by atoms with E-state index in [4.69, 9.17) is 12.2 Å². The first-order valence-corrected chi connectivity index (χ1v) is 11.1. The van der Waals surface area contributed by atoms with Gasteiger partial charge in [0.1, 0.15) is 10.4 Å². The fourth-order valence-corrected chi connectivity index (χ4v) is 5.05. The topological polar surface area (TPSA) is 75.4 Å². The number of rotatable bonds is 6. The number of nitrogens with one attached hydrogen (secondary N) is 1. The predicted octanol–water partition coefficient (Wildman–Crippen LogP) is 3.63. The Morgan fingerprint density at radius 2 is 1.67 bits per heavy atom. The summed E-state index contributed by atoms with van der Waals surface area (Å²) in [7, 11) is 1.50. The normalized spacial score (nSPS) is 17.7. The monoisotopic (exact) mass is 443 g/mol. The molecule has 1 aliphatic heterocycles. The van der Waals surface area contributed by atoms with E-state index < -0.39 is 10.8 Å². The molecule has 1 atom stereocenters. The number of carbonyl (C=O) groups excluding carboxylic acids is 2.